The molecule has 4 nitrogen and oxygen atoms in total. The van der Waals surface area contributed by atoms with Crippen LogP contribution >= 0.6 is 23.4 Å². The molecule has 2 aromatic rings. The van der Waals surface area contributed by atoms with Crippen molar-refractivity contribution in [3.8, 4) is 0 Å². The SMILES string of the molecule is Cc1nc(SCc2cc(Cl)ccc2N)n[nH]1. The lowest BCUT2D eigenvalue weighted by Gasteiger charge is -2.03. The molecule has 0 aliphatic carbocycles. The molecule has 2 rings (SSSR count). The van der Waals surface area contributed by atoms with Gasteiger partial charge in [-0.1, -0.05) is 23.4 Å². The number of nitrogens with two attached hydrogens (primary N) is 1. The van der Waals surface area contributed by atoms with Gasteiger partial charge in [-0.25, -0.2) is 4.98 Å². The first-order chi connectivity index (χ1) is 7.65. The Morgan fingerprint density at radius 3 is 3.00 bits per heavy atom. The highest BCUT2D eigenvalue weighted by atomic mass is 35.5. The van der Waals surface area contributed by atoms with Gasteiger partial charge >= 0.3 is 0 Å². The van der Waals surface area contributed by atoms with Crippen LogP contribution in [-0.4, -0.2) is 15.2 Å². The Balaban J connectivity index is 2.07. The third-order valence-corrected chi connectivity index (χ3v) is 3.17. The van der Waals surface area contributed by atoms with Gasteiger partial charge in [0.15, 0.2) is 0 Å². The van der Waals surface area contributed by atoms with Gasteiger partial charge in [-0.05, 0) is 30.7 Å². The predicted octanol–water partition coefficient (Wildman–Crippen LogP) is 2.64. The lowest BCUT2D eigenvalue weighted by Crippen LogP contribution is -1.92. The third kappa shape index (κ3) is 2.68. The van der Waals surface area contributed by atoms with Gasteiger partial charge in [-0.15, -0.1) is 5.10 Å². The monoisotopic (exact) mass is 254 g/mol. The largest absolute Gasteiger partial charge is 0.398 e. The molecule has 3 N–H and O–H groups in total. The summed E-state index contributed by atoms with van der Waals surface area (Å²) in [4.78, 5) is 4.20. The Morgan fingerprint density at radius 1 is 1.50 bits per heavy atom. The maximum absolute atomic E-state index is 5.90. The van der Waals surface area contributed by atoms with Crippen LogP contribution < -0.4 is 5.73 Å². The number of aromatic nitrogens is 3. The summed E-state index contributed by atoms with van der Waals surface area (Å²) < 4.78 is 0. The van der Waals surface area contributed by atoms with E-state index in [1.54, 1.807) is 12.1 Å². The van der Waals surface area contributed by atoms with E-state index < -0.39 is 0 Å². The zero-order valence-corrected chi connectivity index (χ0v) is 10.3. The molecule has 0 fully saturated rings. The van der Waals surface area contributed by atoms with Crippen molar-refractivity contribution in [1.29, 1.82) is 0 Å². The van der Waals surface area contributed by atoms with E-state index in [1.807, 2.05) is 13.0 Å². The first kappa shape index (κ1) is 11.3. The fourth-order valence-corrected chi connectivity index (χ4v) is 2.27. The summed E-state index contributed by atoms with van der Waals surface area (Å²) in [6.07, 6.45) is 0. The van der Waals surface area contributed by atoms with E-state index in [4.69, 9.17) is 17.3 Å². The molecule has 0 bridgehead atoms. The number of hydrogen-bond acceptors (Lipinski definition) is 4. The van der Waals surface area contributed by atoms with Crippen molar-refractivity contribution >= 4 is 29.1 Å². The van der Waals surface area contributed by atoms with Crippen molar-refractivity contribution in [2.45, 2.75) is 17.8 Å². The van der Waals surface area contributed by atoms with Crippen molar-refractivity contribution in [2.75, 3.05) is 5.73 Å². The predicted molar refractivity (Wildman–Crippen MR) is 66.5 cm³/mol. The zero-order chi connectivity index (χ0) is 11.5. The number of thioether (sulfide) groups is 1. The Morgan fingerprint density at radius 2 is 2.31 bits per heavy atom. The van der Waals surface area contributed by atoms with Gasteiger partial charge in [-0.3, -0.25) is 5.10 Å². The second-order valence-corrected chi connectivity index (χ2v) is 4.71. The average Bonchev–Trinajstić information content (AvgIpc) is 2.66. The van der Waals surface area contributed by atoms with Crippen molar-refractivity contribution in [1.82, 2.24) is 15.2 Å². The van der Waals surface area contributed by atoms with Gasteiger partial charge < -0.3 is 5.73 Å². The van der Waals surface area contributed by atoms with E-state index >= 15 is 0 Å². The number of aromatic amines is 1. The maximum atomic E-state index is 5.90. The molecular weight excluding hydrogens is 244 g/mol. The molecule has 0 unspecified atom stereocenters. The van der Waals surface area contributed by atoms with Crippen LogP contribution in [0, 0.1) is 6.92 Å². The van der Waals surface area contributed by atoms with Gasteiger partial charge in [0, 0.05) is 16.5 Å². The fourth-order valence-electron chi connectivity index (χ4n) is 1.23. The van der Waals surface area contributed by atoms with Crippen LogP contribution in [0.5, 0.6) is 0 Å². The molecule has 0 spiro atoms. The summed E-state index contributed by atoms with van der Waals surface area (Å²) in [5.41, 5.74) is 7.58. The summed E-state index contributed by atoms with van der Waals surface area (Å²) in [7, 11) is 0. The highest BCUT2D eigenvalue weighted by Crippen LogP contribution is 2.25. The van der Waals surface area contributed by atoms with Crippen LogP contribution in [0.4, 0.5) is 5.69 Å². The Bertz CT molecular complexity index is 497. The molecule has 0 amide bonds. The number of hydrogen-bond donors (Lipinski definition) is 2. The molecule has 0 saturated heterocycles. The van der Waals surface area contributed by atoms with E-state index in [9.17, 15) is 0 Å². The van der Waals surface area contributed by atoms with Crippen LogP contribution in [0.1, 0.15) is 11.4 Å². The van der Waals surface area contributed by atoms with Crippen LogP contribution in [0.2, 0.25) is 5.02 Å². The summed E-state index contributed by atoms with van der Waals surface area (Å²) in [6.45, 7) is 1.87. The molecule has 0 aliphatic heterocycles. The number of benzene rings is 1. The van der Waals surface area contributed by atoms with Gasteiger partial charge in [0.2, 0.25) is 5.16 Å². The third-order valence-electron chi connectivity index (χ3n) is 2.04. The molecule has 0 saturated carbocycles. The second-order valence-electron chi connectivity index (χ2n) is 3.34. The topological polar surface area (TPSA) is 67.6 Å². The smallest absolute Gasteiger partial charge is 0.208 e. The number of anilines is 1. The van der Waals surface area contributed by atoms with Crippen LogP contribution in [-0.2, 0) is 5.75 Å². The molecule has 84 valence electrons. The molecule has 1 aromatic heterocycles. The number of nitrogens with one attached hydrogen (secondary N) is 1. The van der Waals surface area contributed by atoms with E-state index in [-0.39, 0.29) is 0 Å². The van der Waals surface area contributed by atoms with Gasteiger partial charge in [-0.2, -0.15) is 0 Å². The summed E-state index contributed by atoms with van der Waals surface area (Å²) in [6, 6.07) is 5.45. The van der Waals surface area contributed by atoms with E-state index in [2.05, 4.69) is 15.2 Å². The van der Waals surface area contributed by atoms with Crippen molar-refractivity contribution in [3.05, 3.63) is 34.6 Å². The lowest BCUT2D eigenvalue weighted by molar-refractivity contribution is 0.969. The number of halogens is 1. The quantitative estimate of drug-likeness (QED) is 0.653. The Kier molecular flexibility index (Phi) is 3.36. The van der Waals surface area contributed by atoms with E-state index in [1.165, 1.54) is 11.8 Å². The number of rotatable bonds is 3. The first-order valence-corrected chi connectivity index (χ1v) is 6.07. The summed E-state index contributed by atoms with van der Waals surface area (Å²) in [5.74, 6) is 1.52. The molecule has 0 aliphatic rings. The van der Waals surface area contributed by atoms with E-state index in [0.717, 1.165) is 22.2 Å². The highest BCUT2D eigenvalue weighted by Gasteiger charge is 2.04. The molecule has 6 heteroatoms. The molecule has 1 aromatic carbocycles. The summed E-state index contributed by atoms with van der Waals surface area (Å²) >= 11 is 7.43. The fraction of sp³-hybridized carbons (Fsp3) is 0.200. The van der Waals surface area contributed by atoms with Gasteiger partial charge in [0.1, 0.15) is 5.82 Å². The number of nitrogen functional groups attached to an aromatic ring is 1. The number of aryl methyl sites for hydroxylation is 1. The normalized spacial score (nSPS) is 10.6. The van der Waals surface area contributed by atoms with Crippen LogP contribution in [0.25, 0.3) is 0 Å². The van der Waals surface area contributed by atoms with Crippen molar-refractivity contribution < 1.29 is 0 Å². The van der Waals surface area contributed by atoms with Crippen LogP contribution in [0.3, 0.4) is 0 Å². The lowest BCUT2D eigenvalue weighted by atomic mass is 10.2. The van der Waals surface area contributed by atoms with Crippen molar-refractivity contribution in [3.63, 3.8) is 0 Å². The minimum Gasteiger partial charge on any atom is -0.398 e. The van der Waals surface area contributed by atoms with Crippen molar-refractivity contribution in [2.24, 2.45) is 0 Å². The van der Waals surface area contributed by atoms with Gasteiger partial charge in [0.25, 0.3) is 0 Å². The second kappa shape index (κ2) is 4.76. The van der Waals surface area contributed by atoms with Crippen LogP contribution in [0.15, 0.2) is 23.4 Å². The Labute approximate surface area is 103 Å². The average molecular weight is 255 g/mol. The molecular formula is C10H11ClN4S. The summed E-state index contributed by atoms with van der Waals surface area (Å²) in [5, 5.41) is 8.24. The first-order valence-electron chi connectivity index (χ1n) is 4.71. The zero-order valence-electron chi connectivity index (χ0n) is 8.70. The minimum absolute atomic E-state index is 0.691. The number of H-pyrrole nitrogens is 1. The minimum atomic E-state index is 0.691. The van der Waals surface area contributed by atoms with E-state index in [0.29, 0.717) is 10.8 Å². The Hall–Kier alpha value is -1.20. The molecule has 16 heavy (non-hydrogen) atoms. The molecule has 1 heterocycles. The molecule has 0 atom stereocenters. The molecule has 0 radical (unpaired) electrons. The number of nitrogens with zero attached hydrogens (tertiary/aromatic N) is 2. The standard InChI is InChI=1S/C10H11ClN4S/c1-6-13-10(15-14-6)16-5-7-4-8(11)2-3-9(7)12/h2-4H,5,12H2,1H3,(H,13,14,15). The maximum Gasteiger partial charge on any atom is 0.208 e. The highest BCUT2D eigenvalue weighted by molar-refractivity contribution is 7.98. The van der Waals surface area contributed by atoms with Gasteiger partial charge in [0.05, 0.1) is 0 Å².